The Bertz CT molecular complexity index is 724. The van der Waals surface area contributed by atoms with Crippen LogP contribution in [0, 0.1) is 5.82 Å². The second-order valence-corrected chi connectivity index (χ2v) is 7.78. The zero-order valence-electron chi connectivity index (χ0n) is 18.1. The van der Waals surface area contributed by atoms with Gasteiger partial charge in [-0.3, -0.25) is 9.59 Å². The fourth-order valence-corrected chi connectivity index (χ4v) is 3.31. The Hall–Kier alpha value is -1.82. The Morgan fingerprint density at radius 2 is 1.69 bits per heavy atom. The molecule has 5 N–H and O–H groups in total. The van der Waals surface area contributed by atoms with Crippen LogP contribution in [0.25, 0.3) is 0 Å². The monoisotopic (exact) mass is 477 g/mol. The number of carbonyl (C=O) groups is 2. The van der Waals surface area contributed by atoms with Gasteiger partial charge in [0.15, 0.2) is 0 Å². The lowest BCUT2D eigenvalue weighted by molar-refractivity contribution is -0.132. The summed E-state index contributed by atoms with van der Waals surface area (Å²) >= 11 is 0. The predicted molar refractivity (Wildman–Crippen MR) is 118 cm³/mol. The van der Waals surface area contributed by atoms with E-state index in [4.69, 9.17) is 10.5 Å². The number of hydrogen-bond acceptors (Lipinski definition) is 7. The first-order valence-electron chi connectivity index (χ1n) is 10.4. The molecule has 0 aliphatic carbocycles. The van der Waals surface area contributed by atoms with E-state index < -0.39 is 36.1 Å². The molecule has 0 spiro atoms. The first kappa shape index (κ1) is 28.2. The molecular weight excluding hydrogens is 445 g/mol. The molecule has 9 nitrogen and oxygen atoms in total. The lowest BCUT2D eigenvalue weighted by Gasteiger charge is -2.32. The topological polar surface area (TPSA) is 137 Å². The molecule has 4 atom stereocenters. The summed E-state index contributed by atoms with van der Waals surface area (Å²) in [7, 11) is 0. The molecule has 0 radical (unpaired) electrons. The summed E-state index contributed by atoms with van der Waals surface area (Å²) in [5.41, 5.74) is 5.94. The van der Waals surface area contributed by atoms with Gasteiger partial charge in [-0.05, 0) is 44.0 Å². The predicted octanol–water partition coefficient (Wildman–Crippen LogP) is -0.241. The van der Waals surface area contributed by atoms with Crippen LogP contribution in [0.1, 0.15) is 30.1 Å². The molecule has 2 amide bonds. The number of amides is 2. The Morgan fingerprint density at radius 1 is 1.06 bits per heavy atom. The number of β-amino-alcohol motifs (C(OH)–C–C–N with tert-alkyl or cyclic N) is 1. The standard InChI is InChI=1S/C21H32FN3O6.ClH/c1-14(23)20(29)24-8-2-3-11-31-13-18(27)19(28)17(26)12-25(10-9-24)21(30)15-4-6-16(22)7-5-15;/h4-7,14,17-19,26-28H,2-3,8-13,23H2,1H3;1H/t14-,17-,18+,19+;/m0./s1. The van der Waals surface area contributed by atoms with Crippen molar-refractivity contribution in [1.29, 1.82) is 0 Å². The molecule has 1 fully saturated rings. The van der Waals surface area contributed by atoms with Gasteiger partial charge in [-0.2, -0.15) is 0 Å². The van der Waals surface area contributed by atoms with Crippen LogP contribution in [0.3, 0.4) is 0 Å². The Kier molecular flexibility index (Phi) is 12.0. The fraction of sp³-hybridized carbons (Fsp3) is 0.619. The summed E-state index contributed by atoms with van der Waals surface area (Å²) in [6.45, 7) is 2.08. The fourth-order valence-electron chi connectivity index (χ4n) is 3.31. The summed E-state index contributed by atoms with van der Waals surface area (Å²) in [5.74, 6) is -1.26. The van der Waals surface area contributed by atoms with Crippen LogP contribution in [-0.2, 0) is 9.53 Å². The number of carbonyl (C=O) groups excluding carboxylic acids is 2. The van der Waals surface area contributed by atoms with E-state index in [2.05, 4.69) is 0 Å². The lowest BCUT2D eigenvalue weighted by Crippen LogP contribution is -2.51. The zero-order chi connectivity index (χ0) is 23.0. The highest BCUT2D eigenvalue weighted by molar-refractivity contribution is 5.94. The molecular formula is C21H33ClFN3O6. The van der Waals surface area contributed by atoms with Crippen LogP contribution in [0.15, 0.2) is 24.3 Å². The quantitative estimate of drug-likeness (QED) is 0.461. The van der Waals surface area contributed by atoms with E-state index in [1.807, 2.05) is 0 Å². The van der Waals surface area contributed by atoms with E-state index in [-0.39, 0.29) is 50.1 Å². The molecule has 0 unspecified atom stereocenters. The summed E-state index contributed by atoms with van der Waals surface area (Å²) in [6.07, 6.45) is -3.06. The van der Waals surface area contributed by atoms with Crippen molar-refractivity contribution < 1.29 is 34.0 Å². The van der Waals surface area contributed by atoms with Crippen molar-refractivity contribution in [3.05, 3.63) is 35.6 Å². The Labute approximate surface area is 193 Å². The number of aliphatic hydroxyl groups excluding tert-OH is 3. The van der Waals surface area contributed by atoms with Gasteiger partial charge in [0.25, 0.3) is 5.91 Å². The minimum Gasteiger partial charge on any atom is -0.388 e. The van der Waals surface area contributed by atoms with Gasteiger partial charge in [0, 0.05) is 38.3 Å². The maximum Gasteiger partial charge on any atom is 0.254 e. The lowest BCUT2D eigenvalue weighted by atomic mass is 10.1. The van der Waals surface area contributed by atoms with Crippen molar-refractivity contribution in [3.8, 4) is 0 Å². The minimum atomic E-state index is -1.53. The third kappa shape index (κ3) is 8.27. The highest BCUT2D eigenvalue weighted by Crippen LogP contribution is 2.12. The van der Waals surface area contributed by atoms with E-state index in [1.54, 1.807) is 11.8 Å². The number of hydrogen-bond donors (Lipinski definition) is 4. The van der Waals surface area contributed by atoms with Crippen molar-refractivity contribution in [2.75, 3.05) is 39.4 Å². The Morgan fingerprint density at radius 3 is 2.31 bits per heavy atom. The molecule has 182 valence electrons. The molecule has 0 aromatic heterocycles. The first-order valence-corrected chi connectivity index (χ1v) is 10.4. The molecule has 0 saturated carbocycles. The van der Waals surface area contributed by atoms with E-state index in [0.29, 0.717) is 26.0 Å². The maximum absolute atomic E-state index is 13.2. The van der Waals surface area contributed by atoms with Crippen LogP contribution < -0.4 is 5.73 Å². The van der Waals surface area contributed by atoms with E-state index >= 15 is 0 Å². The second kappa shape index (κ2) is 13.7. The number of ether oxygens (including phenoxy) is 1. The number of rotatable bonds is 2. The van der Waals surface area contributed by atoms with Crippen LogP contribution >= 0.6 is 12.4 Å². The zero-order valence-corrected chi connectivity index (χ0v) is 18.9. The van der Waals surface area contributed by atoms with Gasteiger partial charge in [0.2, 0.25) is 5.91 Å². The van der Waals surface area contributed by atoms with Gasteiger partial charge in [-0.15, -0.1) is 12.4 Å². The van der Waals surface area contributed by atoms with Gasteiger partial charge in [-0.25, -0.2) is 4.39 Å². The molecule has 2 rings (SSSR count). The largest absolute Gasteiger partial charge is 0.388 e. The Balaban J connectivity index is 0.00000512. The molecule has 1 aliphatic heterocycles. The third-order valence-corrected chi connectivity index (χ3v) is 5.17. The number of aliphatic hydroxyl groups is 3. The molecule has 1 saturated heterocycles. The summed E-state index contributed by atoms with van der Waals surface area (Å²) < 4.78 is 18.6. The number of nitrogens with two attached hydrogens (primary N) is 1. The van der Waals surface area contributed by atoms with Crippen LogP contribution in [0.5, 0.6) is 0 Å². The highest BCUT2D eigenvalue weighted by Gasteiger charge is 2.29. The summed E-state index contributed by atoms with van der Waals surface area (Å²) in [6, 6.07) is 4.23. The van der Waals surface area contributed by atoms with Gasteiger partial charge in [0.05, 0.1) is 12.6 Å². The van der Waals surface area contributed by atoms with Crippen LogP contribution in [0.4, 0.5) is 4.39 Å². The van der Waals surface area contributed by atoms with Crippen molar-refractivity contribution in [1.82, 2.24) is 9.80 Å². The van der Waals surface area contributed by atoms with Crippen molar-refractivity contribution in [2.24, 2.45) is 5.73 Å². The number of nitrogens with zero attached hydrogens (tertiary/aromatic N) is 2. The normalized spacial score (nSPS) is 24.8. The second-order valence-electron chi connectivity index (χ2n) is 7.78. The number of halogens is 2. The van der Waals surface area contributed by atoms with Gasteiger partial charge in [-0.1, -0.05) is 0 Å². The third-order valence-electron chi connectivity index (χ3n) is 5.17. The summed E-state index contributed by atoms with van der Waals surface area (Å²) in [4.78, 5) is 28.3. The van der Waals surface area contributed by atoms with E-state index in [9.17, 15) is 29.3 Å². The van der Waals surface area contributed by atoms with Gasteiger partial charge < -0.3 is 35.6 Å². The average Bonchev–Trinajstić information content (AvgIpc) is 2.75. The molecule has 32 heavy (non-hydrogen) atoms. The van der Waals surface area contributed by atoms with Crippen molar-refractivity contribution >= 4 is 24.2 Å². The molecule has 1 aromatic carbocycles. The molecule has 11 heteroatoms. The smallest absolute Gasteiger partial charge is 0.254 e. The van der Waals surface area contributed by atoms with E-state index in [1.165, 1.54) is 17.0 Å². The van der Waals surface area contributed by atoms with Gasteiger partial charge >= 0.3 is 0 Å². The van der Waals surface area contributed by atoms with Crippen LogP contribution in [0.2, 0.25) is 0 Å². The highest BCUT2D eigenvalue weighted by atomic mass is 35.5. The van der Waals surface area contributed by atoms with Crippen molar-refractivity contribution in [2.45, 2.75) is 44.1 Å². The van der Waals surface area contributed by atoms with E-state index in [0.717, 1.165) is 12.1 Å². The van der Waals surface area contributed by atoms with Crippen molar-refractivity contribution in [3.63, 3.8) is 0 Å². The van der Waals surface area contributed by atoms with Gasteiger partial charge in [0.1, 0.15) is 24.1 Å². The SMILES string of the molecule is C[C@H](N)C(=O)N1CCCCOC[C@@H](O)[C@H](O)[C@@H](O)CN(C(=O)c2ccc(F)cc2)CC1.Cl. The maximum atomic E-state index is 13.2. The first-order chi connectivity index (χ1) is 14.7. The minimum absolute atomic E-state index is 0. The molecule has 1 aromatic rings. The molecule has 1 heterocycles. The summed E-state index contributed by atoms with van der Waals surface area (Å²) in [5, 5.41) is 30.7. The molecule has 1 aliphatic rings. The number of benzene rings is 1. The molecule has 0 bridgehead atoms. The van der Waals surface area contributed by atoms with Crippen LogP contribution in [-0.4, -0.2) is 101 Å². The average molecular weight is 478 g/mol.